The Balaban J connectivity index is 2.07. The highest BCUT2D eigenvalue weighted by atomic mass is 79.9. The fourth-order valence-electron chi connectivity index (χ4n) is 3.31. The first-order valence-corrected chi connectivity index (χ1v) is 12.0. The third-order valence-electron chi connectivity index (χ3n) is 4.34. The van der Waals surface area contributed by atoms with Crippen LogP contribution in [0.3, 0.4) is 0 Å². The Morgan fingerprint density at radius 1 is 0.889 bits per heavy atom. The van der Waals surface area contributed by atoms with Crippen LogP contribution in [-0.2, 0) is 25.1 Å². The second-order valence-electron chi connectivity index (χ2n) is 6.30. The predicted molar refractivity (Wildman–Crippen MR) is 117 cm³/mol. The fraction of sp³-hybridized carbons (Fsp3) is 0.273. The lowest BCUT2D eigenvalue weighted by molar-refractivity contribution is 0.219. The van der Waals surface area contributed by atoms with E-state index in [1.165, 1.54) is 16.3 Å². The van der Waals surface area contributed by atoms with Crippen molar-refractivity contribution in [2.24, 2.45) is 0 Å². The molecule has 0 N–H and O–H groups in total. The maximum atomic E-state index is 13.0. The van der Waals surface area contributed by atoms with Crippen LogP contribution in [0.4, 0.5) is 0 Å². The van der Waals surface area contributed by atoms with Gasteiger partial charge in [0.25, 0.3) is 0 Å². The van der Waals surface area contributed by atoms with Crippen LogP contribution >= 0.6 is 23.5 Å². The highest BCUT2D eigenvalue weighted by Gasteiger charge is 2.24. The Labute approximate surface area is 169 Å². The van der Waals surface area contributed by atoms with Crippen molar-refractivity contribution in [3.8, 4) is 11.1 Å². The van der Waals surface area contributed by atoms with Gasteiger partial charge in [0.1, 0.15) is 0 Å². The highest BCUT2D eigenvalue weighted by Crippen LogP contribution is 2.51. The minimum Gasteiger partial charge on any atom is -0.309 e. The summed E-state index contributed by atoms with van der Waals surface area (Å²) in [5.74, 6) is 0. The number of hydrogen-bond donors (Lipinski definition) is 0. The molecule has 3 rings (SSSR count). The number of alkyl halides is 1. The summed E-state index contributed by atoms with van der Waals surface area (Å²) >= 11 is 3.56. The molecule has 0 aliphatic rings. The molecule has 0 atom stereocenters. The van der Waals surface area contributed by atoms with Gasteiger partial charge in [-0.2, -0.15) is 0 Å². The first-order valence-electron chi connectivity index (χ1n) is 9.13. The number of rotatable bonds is 8. The molecule has 0 amide bonds. The van der Waals surface area contributed by atoms with Crippen LogP contribution in [-0.4, -0.2) is 13.2 Å². The molecule has 0 spiro atoms. The molecular formula is C22H24BrO3P. The third-order valence-corrected chi connectivity index (χ3v) is 7.04. The second kappa shape index (κ2) is 9.16. The molecular weight excluding hydrogens is 423 g/mol. The lowest BCUT2D eigenvalue weighted by Gasteiger charge is -2.18. The zero-order valence-electron chi connectivity index (χ0n) is 15.7. The van der Waals surface area contributed by atoms with Gasteiger partial charge in [-0.05, 0) is 46.9 Å². The Hall–Kier alpha value is -1.45. The van der Waals surface area contributed by atoms with E-state index < -0.39 is 7.60 Å². The summed E-state index contributed by atoms with van der Waals surface area (Å²) in [6, 6.07) is 21.0. The molecule has 3 aromatic carbocycles. The highest BCUT2D eigenvalue weighted by molar-refractivity contribution is 9.08. The smallest absolute Gasteiger partial charge is 0.309 e. The zero-order valence-corrected chi connectivity index (χ0v) is 18.1. The monoisotopic (exact) mass is 446 g/mol. The Morgan fingerprint density at radius 2 is 1.56 bits per heavy atom. The van der Waals surface area contributed by atoms with Crippen LogP contribution in [0.5, 0.6) is 0 Å². The molecule has 0 unspecified atom stereocenters. The maximum Gasteiger partial charge on any atom is 0.335 e. The third kappa shape index (κ3) is 4.89. The molecule has 0 saturated heterocycles. The van der Waals surface area contributed by atoms with E-state index >= 15 is 0 Å². The van der Waals surface area contributed by atoms with Crippen LogP contribution in [0.15, 0.2) is 60.7 Å². The molecule has 3 aromatic rings. The summed E-state index contributed by atoms with van der Waals surface area (Å²) < 4.78 is 24.0. The summed E-state index contributed by atoms with van der Waals surface area (Å²) in [5, 5.41) is 3.14. The van der Waals surface area contributed by atoms with E-state index in [0.29, 0.717) is 13.2 Å². The van der Waals surface area contributed by atoms with Gasteiger partial charge in [0.15, 0.2) is 0 Å². The van der Waals surface area contributed by atoms with E-state index in [1.54, 1.807) is 0 Å². The summed E-state index contributed by atoms with van der Waals surface area (Å²) in [6.07, 6.45) is 0.271. The minimum atomic E-state index is -3.15. The average molecular weight is 447 g/mol. The van der Waals surface area contributed by atoms with Gasteiger partial charge in [0, 0.05) is 5.33 Å². The Morgan fingerprint density at radius 3 is 2.26 bits per heavy atom. The lowest BCUT2D eigenvalue weighted by Crippen LogP contribution is -2.00. The number of fused-ring (bicyclic) bond motifs is 1. The molecule has 0 aromatic heterocycles. The molecule has 0 heterocycles. The Kier molecular flexibility index (Phi) is 6.88. The SMILES string of the molecule is CCOP(=O)(Cc1cc(CBr)cc(-c2cccc3ccccc23)c1)OCC. The van der Waals surface area contributed by atoms with Crippen molar-refractivity contribution < 1.29 is 13.6 Å². The van der Waals surface area contributed by atoms with Crippen molar-refractivity contribution in [1.29, 1.82) is 0 Å². The number of halogens is 1. The Bertz CT molecular complexity index is 955. The molecule has 5 heteroatoms. The minimum absolute atomic E-state index is 0.271. The van der Waals surface area contributed by atoms with E-state index in [0.717, 1.165) is 22.0 Å². The van der Waals surface area contributed by atoms with Crippen LogP contribution in [0.25, 0.3) is 21.9 Å². The average Bonchev–Trinajstić information content (AvgIpc) is 2.67. The first kappa shape index (κ1) is 20.3. The predicted octanol–water partition coefficient (Wildman–Crippen LogP) is 7.17. The normalized spacial score (nSPS) is 11.8. The topological polar surface area (TPSA) is 35.5 Å². The van der Waals surface area contributed by atoms with Crippen molar-refractivity contribution in [1.82, 2.24) is 0 Å². The lowest BCUT2D eigenvalue weighted by atomic mass is 9.96. The number of benzene rings is 3. The molecule has 0 bridgehead atoms. The van der Waals surface area contributed by atoms with Crippen LogP contribution in [0, 0.1) is 0 Å². The standard InChI is InChI=1S/C22H24BrO3P/c1-3-25-27(24,26-4-2)16-18-12-17(15-23)13-20(14-18)22-11-7-9-19-8-5-6-10-21(19)22/h5-14H,3-4,15-16H2,1-2H3. The van der Waals surface area contributed by atoms with E-state index in [4.69, 9.17) is 9.05 Å². The molecule has 27 heavy (non-hydrogen) atoms. The quantitative estimate of drug-likeness (QED) is 0.271. The van der Waals surface area contributed by atoms with E-state index in [1.807, 2.05) is 19.9 Å². The fourth-order valence-corrected chi connectivity index (χ4v) is 5.31. The molecule has 142 valence electrons. The number of hydrogen-bond acceptors (Lipinski definition) is 3. The first-order chi connectivity index (χ1) is 13.1. The van der Waals surface area contributed by atoms with Gasteiger partial charge >= 0.3 is 7.60 Å². The van der Waals surface area contributed by atoms with Crippen molar-refractivity contribution in [3.05, 3.63) is 71.8 Å². The zero-order chi connectivity index (χ0) is 19.3. The molecule has 3 nitrogen and oxygen atoms in total. The van der Waals surface area contributed by atoms with Crippen LogP contribution in [0.2, 0.25) is 0 Å². The molecule has 0 saturated carbocycles. The van der Waals surface area contributed by atoms with Crippen molar-refractivity contribution in [2.75, 3.05) is 13.2 Å². The summed E-state index contributed by atoms with van der Waals surface area (Å²) in [4.78, 5) is 0. The second-order valence-corrected chi connectivity index (χ2v) is 8.92. The van der Waals surface area contributed by atoms with E-state index in [9.17, 15) is 4.57 Å². The van der Waals surface area contributed by atoms with Crippen molar-refractivity contribution in [3.63, 3.8) is 0 Å². The summed E-state index contributed by atoms with van der Waals surface area (Å²) in [6.45, 7) is 4.40. The maximum absolute atomic E-state index is 13.0. The molecule has 0 radical (unpaired) electrons. The van der Waals surface area contributed by atoms with E-state index in [2.05, 4.69) is 70.5 Å². The van der Waals surface area contributed by atoms with Crippen LogP contribution in [0.1, 0.15) is 25.0 Å². The largest absolute Gasteiger partial charge is 0.335 e. The molecule has 0 aliphatic carbocycles. The summed E-state index contributed by atoms with van der Waals surface area (Å²) in [5.41, 5.74) is 4.37. The van der Waals surface area contributed by atoms with Gasteiger partial charge in [-0.3, -0.25) is 4.57 Å². The van der Waals surface area contributed by atoms with Gasteiger partial charge in [-0.25, -0.2) is 0 Å². The van der Waals surface area contributed by atoms with Crippen LogP contribution < -0.4 is 0 Å². The van der Waals surface area contributed by atoms with Crippen molar-refractivity contribution >= 4 is 34.3 Å². The van der Waals surface area contributed by atoms with E-state index in [-0.39, 0.29) is 6.16 Å². The van der Waals surface area contributed by atoms with Gasteiger partial charge in [-0.15, -0.1) is 0 Å². The van der Waals surface area contributed by atoms with Gasteiger partial charge < -0.3 is 9.05 Å². The summed E-state index contributed by atoms with van der Waals surface area (Å²) in [7, 11) is -3.15. The van der Waals surface area contributed by atoms with Gasteiger partial charge in [0.05, 0.1) is 19.4 Å². The molecule has 0 aliphatic heterocycles. The van der Waals surface area contributed by atoms with Gasteiger partial charge in [0.2, 0.25) is 0 Å². The van der Waals surface area contributed by atoms with Gasteiger partial charge in [-0.1, -0.05) is 76.6 Å². The molecule has 0 fully saturated rings. The van der Waals surface area contributed by atoms with Crippen molar-refractivity contribution in [2.45, 2.75) is 25.3 Å².